The lowest BCUT2D eigenvalue weighted by atomic mass is 9.88. The van der Waals surface area contributed by atoms with Crippen LogP contribution in [0.15, 0.2) is 48.5 Å². The van der Waals surface area contributed by atoms with Crippen LogP contribution < -0.4 is 10.1 Å². The average Bonchev–Trinajstić information content (AvgIpc) is 3.07. The number of nitrogens with one attached hydrogen (secondary N) is 1. The minimum absolute atomic E-state index is 0.114. The zero-order valence-corrected chi connectivity index (χ0v) is 16.3. The quantitative estimate of drug-likeness (QED) is 0.661. The molecule has 6 heteroatoms. The minimum Gasteiger partial charge on any atom is -0.497 e. The van der Waals surface area contributed by atoms with Crippen LogP contribution in [0.1, 0.15) is 38.0 Å². The SMILES string of the molecule is COc1ccc([C@@H]2CC(=O)Nc3c2sc(C(=O)O)c3-c2ccc(C)cc2)cc1. The van der Waals surface area contributed by atoms with E-state index in [-0.39, 0.29) is 23.1 Å². The van der Waals surface area contributed by atoms with E-state index in [0.29, 0.717) is 11.3 Å². The molecule has 0 unspecified atom stereocenters. The van der Waals surface area contributed by atoms with Crippen LogP contribution in [0, 0.1) is 6.92 Å². The first-order chi connectivity index (χ1) is 13.5. The topological polar surface area (TPSA) is 75.6 Å². The van der Waals surface area contributed by atoms with Crippen LogP contribution in [-0.4, -0.2) is 24.1 Å². The Morgan fingerprint density at radius 2 is 1.82 bits per heavy atom. The van der Waals surface area contributed by atoms with Crippen molar-refractivity contribution in [1.82, 2.24) is 0 Å². The van der Waals surface area contributed by atoms with Gasteiger partial charge in [0.1, 0.15) is 10.6 Å². The van der Waals surface area contributed by atoms with Gasteiger partial charge in [0.15, 0.2) is 0 Å². The average molecular weight is 393 g/mol. The van der Waals surface area contributed by atoms with Crippen LogP contribution in [0.5, 0.6) is 5.75 Å². The fourth-order valence-corrected chi connectivity index (χ4v) is 4.78. The second-order valence-corrected chi connectivity index (χ2v) is 7.85. The van der Waals surface area contributed by atoms with E-state index in [1.807, 2.05) is 55.5 Å². The highest BCUT2D eigenvalue weighted by molar-refractivity contribution is 7.15. The van der Waals surface area contributed by atoms with Crippen molar-refractivity contribution in [3.05, 3.63) is 69.4 Å². The highest BCUT2D eigenvalue weighted by Crippen LogP contribution is 2.49. The molecule has 28 heavy (non-hydrogen) atoms. The number of hydrogen-bond donors (Lipinski definition) is 2. The molecule has 0 spiro atoms. The van der Waals surface area contributed by atoms with Gasteiger partial charge in [-0.15, -0.1) is 11.3 Å². The predicted molar refractivity (Wildman–Crippen MR) is 110 cm³/mol. The molecule has 0 fully saturated rings. The highest BCUT2D eigenvalue weighted by atomic mass is 32.1. The maximum atomic E-state index is 12.5. The molecule has 1 aliphatic heterocycles. The van der Waals surface area contributed by atoms with Gasteiger partial charge in [-0.05, 0) is 30.2 Å². The third-order valence-electron chi connectivity index (χ3n) is 4.96. The number of carbonyl (C=O) groups is 2. The number of benzene rings is 2. The second kappa shape index (κ2) is 7.13. The third kappa shape index (κ3) is 3.16. The highest BCUT2D eigenvalue weighted by Gasteiger charge is 2.34. The standard InChI is InChI=1S/C22H19NO4S/c1-12-3-5-14(6-4-12)18-19-20(28-21(18)22(25)26)16(11-17(24)23-19)13-7-9-15(27-2)10-8-13/h3-10,16H,11H2,1-2H3,(H,23,24)(H,25,26)/t16-/m0/s1. The smallest absolute Gasteiger partial charge is 0.346 e. The summed E-state index contributed by atoms with van der Waals surface area (Å²) in [6.07, 6.45) is 0.284. The van der Waals surface area contributed by atoms with Crippen molar-refractivity contribution in [3.63, 3.8) is 0 Å². The maximum Gasteiger partial charge on any atom is 0.346 e. The van der Waals surface area contributed by atoms with Crippen LogP contribution in [0.4, 0.5) is 5.69 Å². The summed E-state index contributed by atoms with van der Waals surface area (Å²) >= 11 is 1.24. The molecule has 3 aromatic rings. The van der Waals surface area contributed by atoms with Gasteiger partial charge >= 0.3 is 5.97 Å². The van der Waals surface area contributed by atoms with E-state index in [4.69, 9.17) is 4.74 Å². The normalized spacial score (nSPS) is 15.6. The molecule has 0 bridgehead atoms. The summed E-state index contributed by atoms with van der Waals surface area (Å²) in [5.74, 6) is -0.548. The maximum absolute atomic E-state index is 12.5. The lowest BCUT2D eigenvalue weighted by Crippen LogP contribution is -2.22. The van der Waals surface area contributed by atoms with E-state index >= 15 is 0 Å². The van der Waals surface area contributed by atoms with E-state index in [1.165, 1.54) is 11.3 Å². The Morgan fingerprint density at radius 3 is 2.43 bits per heavy atom. The molecule has 0 radical (unpaired) electrons. The number of anilines is 1. The van der Waals surface area contributed by atoms with Crippen LogP contribution in [0.3, 0.4) is 0 Å². The van der Waals surface area contributed by atoms with E-state index in [1.54, 1.807) is 7.11 Å². The lowest BCUT2D eigenvalue weighted by molar-refractivity contribution is -0.116. The monoisotopic (exact) mass is 393 g/mol. The van der Waals surface area contributed by atoms with E-state index in [2.05, 4.69) is 5.32 Å². The molecule has 2 N–H and O–H groups in total. The van der Waals surface area contributed by atoms with Gasteiger partial charge in [0, 0.05) is 22.8 Å². The molecule has 4 rings (SSSR count). The number of ether oxygens (including phenoxy) is 1. The zero-order valence-electron chi connectivity index (χ0n) is 15.5. The molecule has 0 aliphatic carbocycles. The van der Waals surface area contributed by atoms with Crippen molar-refractivity contribution >= 4 is 28.9 Å². The molecule has 1 amide bonds. The van der Waals surface area contributed by atoms with Crippen LogP contribution in [-0.2, 0) is 4.79 Å². The van der Waals surface area contributed by atoms with Gasteiger partial charge in [-0.2, -0.15) is 0 Å². The number of hydrogen-bond acceptors (Lipinski definition) is 4. The Hall–Kier alpha value is -3.12. The minimum atomic E-state index is -0.988. The third-order valence-corrected chi connectivity index (χ3v) is 6.25. The lowest BCUT2D eigenvalue weighted by Gasteiger charge is -2.24. The molecule has 1 aliphatic rings. The first-order valence-electron chi connectivity index (χ1n) is 8.88. The van der Waals surface area contributed by atoms with E-state index in [0.717, 1.165) is 27.3 Å². The second-order valence-electron chi connectivity index (χ2n) is 6.79. The van der Waals surface area contributed by atoms with Gasteiger partial charge in [0.25, 0.3) is 0 Å². The number of thiophene rings is 1. The number of fused-ring (bicyclic) bond motifs is 1. The van der Waals surface area contributed by atoms with Crippen LogP contribution in [0.25, 0.3) is 11.1 Å². The summed E-state index contributed by atoms with van der Waals surface area (Å²) in [5.41, 5.74) is 4.04. The summed E-state index contributed by atoms with van der Waals surface area (Å²) in [7, 11) is 1.60. The number of carbonyl (C=O) groups excluding carboxylic acids is 1. The van der Waals surface area contributed by atoms with Gasteiger partial charge < -0.3 is 15.2 Å². The number of carboxylic acids is 1. The molecule has 0 saturated heterocycles. The molecular weight excluding hydrogens is 374 g/mol. The summed E-state index contributed by atoms with van der Waals surface area (Å²) in [5, 5.41) is 12.7. The molecule has 1 atom stereocenters. The Bertz CT molecular complexity index is 1050. The fraction of sp³-hybridized carbons (Fsp3) is 0.182. The number of rotatable bonds is 4. The van der Waals surface area contributed by atoms with Crippen molar-refractivity contribution in [3.8, 4) is 16.9 Å². The largest absolute Gasteiger partial charge is 0.497 e. The molecule has 5 nitrogen and oxygen atoms in total. The molecule has 1 aromatic heterocycles. The summed E-state index contributed by atoms with van der Waals surface area (Å²) in [4.78, 5) is 25.6. The number of amides is 1. The van der Waals surface area contributed by atoms with Gasteiger partial charge in [0.05, 0.1) is 12.8 Å². The van der Waals surface area contributed by atoms with Crippen molar-refractivity contribution < 1.29 is 19.4 Å². The molecular formula is C22H19NO4S. The number of methoxy groups -OCH3 is 1. The summed E-state index contributed by atoms with van der Waals surface area (Å²) < 4.78 is 5.21. The van der Waals surface area contributed by atoms with Gasteiger partial charge in [-0.1, -0.05) is 42.0 Å². The van der Waals surface area contributed by atoms with Crippen molar-refractivity contribution in [2.75, 3.05) is 12.4 Å². The van der Waals surface area contributed by atoms with Crippen LogP contribution >= 0.6 is 11.3 Å². The van der Waals surface area contributed by atoms with E-state index in [9.17, 15) is 14.7 Å². The fourth-order valence-electron chi connectivity index (χ4n) is 3.54. The van der Waals surface area contributed by atoms with Crippen molar-refractivity contribution in [2.45, 2.75) is 19.3 Å². The number of aromatic carboxylic acids is 1. The first kappa shape index (κ1) is 18.3. The van der Waals surface area contributed by atoms with E-state index < -0.39 is 5.97 Å². The molecule has 2 aromatic carbocycles. The molecule has 0 saturated carbocycles. The Labute approximate surface area is 166 Å². The van der Waals surface area contributed by atoms with Gasteiger partial charge in [0.2, 0.25) is 5.91 Å². The Balaban J connectivity index is 1.89. The van der Waals surface area contributed by atoms with Gasteiger partial charge in [-0.25, -0.2) is 4.79 Å². The van der Waals surface area contributed by atoms with Gasteiger partial charge in [-0.3, -0.25) is 4.79 Å². The first-order valence-corrected chi connectivity index (χ1v) is 9.70. The summed E-state index contributed by atoms with van der Waals surface area (Å²) in [6, 6.07) is 15.2. The number of aryl methyl sites for hydroxylation is 1. The molecule has 2 heterocycles. The zero-order chi connectivity index (χ0) is 19.8. The van der Waals surface area contributed by atoms with Crippen molar-refractivity contribution in [2.24, 2.45) is 0 Å². The predicted octanol–water partition coefficient (Wildman–Crippen LogP) is 4.90. The Morgan fingerprint density at radius 1 is 1.14 bits per heavy atom. The molecule has 142 valence electrons. The van der Waals surface area contributed by atoms with Crippen molar-refractivity contribution in [1.29, 1.82) is 0 Å². The Kier molecular flexibility index (Phi) is 4.65. The van der Waals surface area contributed by atoms with Crippen LogP contribution in [0.2, 0.25) is 0 Å². The number of carboxylic acid groups (broad SMARTS) is 1. The summed E-state index contributed by atoms with van der Waals surface area (Å²) in [6.45, 7) is 1.98.